The summed E-state index contributed by atoms with van der Waals surface area (Å²) in [5, 5.41) is 2.82. The minimum Gasteiger partial charge on any atom is -0.496 e. The zero-order valence-corrected chi connectivity index (χ0v) is 19.0. The maximum absolute atomic E-state index is 14.1. The highest BCUT2D eigenvalue weighted by atomic mass is 19.2. The molecule has 1 amide bonds. The van der Waals surface area contributed by atoms with Crippen LogP contribution in [0.5, 0.6) is 5.75 Å². The van der Waals surface area contributed by atoms with Crippen LogP contribution in [0.25, 0.3) is 0 Å². The highest BCUT2D eigenvalue weighted by Crippen LogP contribution is 2.32. The van der Waals surface area contributed by atoms with Crippen LogP contribution in [-0.4, -0.2) is 39.2 Å². The molecule has 1 N–H and O–H groups in total. The molecule has 184 valence electrons. The average Bonchev–Trinajstić information content (AvgIpc) is 2.87. The summed E-state index contributed by atoms with van der Waals surface area (Å²) in [5.41, 5.74) is 1.67. The number of ether oxygens (including phenoxy) is 1. The van der Waals surface area contributed by atoms with Gasteiger partial charge in [0.1, 0.15) is 11.4 Å². The van der Waals surface area contributed by atoms with Gasteiger partial charge in [-0.1, -0.05) is 12.1 Å². The summed E-state index contributed by atoms with van der Waals surface area (Å²) in [6.07, 6.45) is 0. The van der Waals surface area contributed by atoms with E-state index in [1.165, 1.54) is 7.11 Å². The second kappa shape index (κ2) is 9.81. The second-order valence-corrected chi connectivity index (χ2v) is 8.05. The van der Waals surface area contributed by atoms with E-state index in [9.17, 15) is 26.7 Å². The van der Waals surface area contributed by atoms with Crippen molar-refractivity contribution in [3.05, 3.63) is 82.7 Å². The van der Waals surface area contributed by atoms with Gasteiger partial charge in [0.05, 0.1) is 12.7 Å². The largest absolute Gasteiger partial charge is 0.496 e. The first kappa shape index (κ1) is 24.3. The fourth-order valence-corrected chi connectivity index (χ4v) is 4.12. The molecule has 1 heterocycles. The Kier molecular flexibility index (Phi) is 6.81. The number of nitrogens with one attached hydrogen (secondary N) is 1. The summed E-state index contributed by atoms with van der Waals surface area (Å²) in [5.74, 6) is -9.58. The lowest BCUT2D eigenvalue weighted by Gasteiger charge is -2.37. The normalized spacial score (nSPS) is 13.7. The molecule has 1 saturated heterocycles. The van der Waals surface area contributed by atoms with Gasteiger partial charge >= 0.3 is 0 Å². The highest BCUT2D eigenvalue weighted by molar-refractivity contribution is 6.06. The summed E-state index contributed by atoms with van der Waals surface area (Å²) in [7, 11) is 1.50. The Balaban J connectivity index is 1.42. The van der Waals surface area contributed by atoms with E-state index in [-0.39, 0.29) is 19.0 Å². The van der Waals surface area contributed by atoms with Crippen LogP contribution in [0.4, 0.5) is 39.0 Å². The Morgan fingerprint density at radius 3 is 1.91 bits per heavy atom. The van der Waals surface area contributed by atoms with Gasteiger partial charge in [-0.2, -0.15) is 0 Å². The van der Waals surface area contributed by atoms with Gasteiger partial charge in [-0.3, -0.25) is 4.79 Å². The first-order chi connectivity index (χ1) is 16.7. The maximum atomic E-state index is 14.1. The summed E-state index contributed by atoms with van der Waals surface area (Å²) < 4.78 is 74.0. The van der Waals surface area contributed by atoms with Crippen LogP contribution < -0.4 is 19.9 Å². The molecule has 0 saturated carbocycles. The Morgan fingerprint density at radius 1 is 0.800 bits per heavy atom. The van der Waals surface area contributed by atoms with E-state index in [1.807, 2.05) is 17.9 Å². The number of hydrogen-bond donors (Lipinski definition) is 1. The molecule has 0 aromatic heterocycles. The molecule has 35 heavy (non-hydrogen) atoms. The SMILES string of the molecule is COc1c(C)cccc1C(=O)Nc1ccc(N2CCN(c3c(F)c(F)c(F)c(F)c3F)CC2)cc1. The standard InChI is InChI=1S/C25H22F5N3O2/c1-14-4-3-5-17(24(14)35-2)25(34)31-15-6-8-16(9-7-15)32-10-12-33(13-11-32)23-21(29)19(27)18(26)20(28)22(23)30/h3-9H,10-13H2,1-2H3,(H,31,34). The van der Waals surface area contributed by atoms with Crippen molar-refractivity contribution in [1.82, 2.24) is 0 Å². The Labute approximate surface area is 198 Å². The van der Waals surface area contributed by atoms with E-state index in [2.05, 4.69) is 5.32 Å². The van der Waals surface area contributed by atoms with Gasteiger partial charge in [-0.05, 0) is 42.8 Å². The Bertz CT molecular complexity index is 1230. The third-order valence-electron chi connectivity index (χ3n) is 5.93. The zero-order valence-electron chi connectivity index (χ0n) is 19.0. The molecular weight excluding hydrogens is 469 g/mol. The van der Waals surface area contributed by atoms with Crippen LogP contribution in [0, 0.1) is 36.0 Å². The van der Waals surface area contributed by atoms with Gasteiger partial charge in [-0.25, -0.2) is 22.0 Å². The summed E-state index contributed by atoms with van der Waals surface area (Å²) in [4.78, 5) is 15.7. The molecule has 0 radical (unpaired) electrons. The van der Waals surface area contributed by atoms with Crippen LogP contribution >= 0.6 is 0 Å². The first-order valence-electron chi connectivity index (χ1n) is 10.8. The minimum absolute atomic E-state index is 0.0595. The predicted molar refractivity (Wildman–Crippen MR) is 123 cm³/mol. The van der Waals surface area contributed by atoms with Crippen molar-refractivity contribution in [3.63, 3.8) is 0 Å². The number of carbonyl (C=O) groups excluding carboxylic acids is 1. The molecule has 3 aromatic carbocycles. The molecule has 0 atom stereocenters. The minimum atomic E-state index is -2.17. The third kappa shape index (κ3) is 4.60. The van der Waals surface area contributed by atoms with E-state index in [1.54, 1.807) is 36.4 Å². The van der Waals surface area contributed by atoms with Gasteiger partial charge in [-0.15, -0.1) is 0 Å². The molecule has 1 fully saturated rings. The molecule has 0 aliphatic carbocycles. The topological polar surface area (TPSA) is 44.8 Å². The highest BCUT2D eigenvalue weighted by Gasteiger charge is 2.30. The number of nitrogens with zero attached hydrogens (tertiary/aromatic N) is 2. The smallest absolute Gasteiger partial charge is 0.259 e. The molecule has 1 aliphatic rings. The van der Waals surface area contributed by atoms with Crippen LogP contribution in [0.3, 0.4) is 0 Å². The number of rotatable bonds is 5. The fourth-order valence-electron chi connectivity index (χ4n) is 4.12. The molecule has 3 aromatic rings. The van der Waals surface area contributed by atoms with E-state index >= 15 is 0 Å². The van der Waals surface area contributed by atoms with Crippen molar-refractivity contribution in [1.29, 1.82) is 0 Å². The number of halogens is 5. The van der Waals surface area contributed by atoms with Gasteiger partial charge in [0.15, 0.2) is 23.3 Å². The lowest BCUT2D eigenvalue weighted by Crippen LogP contribution is -2.47. The van der Waals surface area contributed by atoms with Crippen molar-refractivity contribution < 1.29 is 31.5 Å². The number of anilines is 3. The lowest BCUT2D eigenvalue weighted by molar-refractivity contribution is 0.102. The number of benzene rings is 3. The quantitative estimate of drug-likeness (QED) is 0.300. The lowest BCUT2D eigenvalue weighted by atomic mass is 10.1. The average molecular weight is 491 g/mol. The van der Waals surface area contributed by atoms with Gasteiger partial charge in [0.2, 0.25) is 5.82 Å². The summed E-state index contributed by atoms with van der Waals surface area (Å²) >= 11 is 0. The molecule has 4 rings (SSSR count). The molecule has 0 unspecified atom stereocenters. The van der Waals surface area contributed by atoms with Gasteiger partial charge in [0, 0.05) is 37.6 Å². The molecule has 1 aliphatic heterocycles. The Morgan fingerprint density at radius 2 is 1.34 bits per heavy atom. The van der Waals surface area contributed by atoms with Crippen molar-refractivity contribution in [2.45, 2.75) is 6.92 Å². The van der Waals surface area contributed by atoms with Crippen molar-refractivity contribution in [3.8, 4) is 5.75 Å². The number of carbonyl (C=O) groups is 1. The number of aryl methyl sites for hydroxylation is 1. The fraction of sp³-hybridized carbons (Fsp3) is 0.240. The molecule has 0 bridgehead atoms. The molecule has 10 heteroatoms. The van der Waals surface area contributed by atoms with Crippen LogP contribution in [0.2, 0.25) is 0 Å². The van der Waals surface area contributed by atoms with E-state index < -0.39 is 34.8 Å². The van der Waals surface area contributed by atoms with E-state index in [4.69, 9.17) is 4.74 Å². The summed E-state index contributed by atoms with van der Waals surface area (Å²) in [6.45, 7) is 2.56. The molecular formula is C25H22F5N3O2. The van der Waals surface area contributed by atoms with Crippen molar-refractivity contribution in [2.24, 2.45) is 0 Å². The van der Waals surface area contributed by atoms with E-state index in [0.717, 1.165) is 16.2 Å². The predicted octanol–water partition coefficient (Wildman–Crippen LogP) is 5.28. The van der Waals surface area contributed by atoms with Crippen LogP contribution in [0.15, 0.2) is 42.5 Å². The van der Waals surface area contributed by atoms with Gasteiger partial charge < -0.3 is 19.9 Å². The van der Waals surface area contributed by atoms with Gasteiger partial charge in [0.25, 0.3) is 5.91 Å². The van der Waals surface area contributed by atoms with Crippen LogP contribution in [0.1, 0.15) is 15.9 Å². The first-order valence-corrected chi connectivity index (χ1v) is 10.8. The monoisotopic (exact) mass is 491 g/mol. The number of methoxy groups -OCH3 is 1. The third-order valence-corrected chi connectivity index (χ3v) is 5.93. The maximum Gasteiger partial charge on any atom is 0.259 e. The Hall–Kier alpha value is -3.82. The zero-order chi connectivity index (χ0) is 25.3. The van der Waals surface area contributed by atoms with Crippen LogP contribution in [-0.2, 0) is 0 Å². The number of piperazine rings is 1. The molecule has 0 spiro atoms. The van der Waals surface area contributed by atoms with Crippen molar-refractivity contribution >= 4 is 23.0 Å². The second-order valence-electron chi connectivity index (χ2n) is 8.05. The van der Waals surface area contributed by atoms with E-state index in [0.29, 0.717) is 30.1 Å². The number of amides is 1. The summed E-state index contributed by atoms with van der Waals surface area (Å²) in [6, 6.07) is 12.3. The van der Waals surface area contributed by atoms with Crippen molar-refractivity contribution in [2.75, 3.05) is 48.4 Å². The molecule has 5 nitrogen and oxygen atoms in total. The number of hydrogen-bond acceptors (Lipinski definition) is 4. The number of para-hydroxylation sites is 1.